The fraction of sp³-hybridized carbons (Fsp3) is 0.952. The minimum absolute atomic E-state index is 0.0591. The van der Waals surface area contributed by atoms with Crippen LogP contribution < -0.4 is 0 Å². The average Bonchev–Trinajstić information content (AvgIpc) is 3.07. The number of unbranched alkanes of at least 4 members (excludes halogenated alkanes) is 31. The fourth-order valence-corrected chi connectivity index (χ4v) is 6.44. The molecule has 0 saturated heterocycles. The van der Waals surface area contributed by atoms with Crippen LogP contribution in [0.25, 0.3) is 0 Å². The Morgan fingerprint density at radius 2 is 0.660 bits per heavy atom. The van der Waals surface area contributed by atoms with Gasteiger partial charge in [-0.3, -0.25) is 9.59 Å². The first-order valence-corrected chi connectivity index (χ1v) is 21.1. The van der Waals surface area contributed by atoms with Crippen LogP contribution in [0.15, 0.2) is 0 Å². The lowest BCUT2D eigenvalue weighted by Crippen LogP contribution is -2.28. The van der Waals surface area contributed by atoms with Gasteiger partial charge in [0.1, 0.15) is 6.61 Å². The van der Waals surface area contributed by atoms with Crippen molar-refractivity contribution in [1.82, 2.24) is 0 Å². The van der Waals surface area contributed by atoms with Crippen LogP contribution in [-0.4, -0.2) is 36.4 Å². The predicted molar refractivity (Wildman–Crippen MR) is 201 cm³/mol. The number of carbonyl (C=O) groups is 2. The lowest BCUT2D eigenvalue weighted by Gasteiger charge is -2.15. The van der Waals surface area contributed by atoms with Crippen molar-refractivity contribution in [2.45, 2.75) is 245 Å². The van der Waals surface area contributed by atoms with Gasteiger partial charge in [-0.15, -0.1) is 0 Å². The maximum absolute atomic E-state index is 12.1. The molecule has 0 spiro atoms. The Morgan fingerprint density at radius 1 is 0.404 bits per heavy atom. The monoisotopic (exact) mass is 667 g/mol. The Balaban J connectivity index is 3.34. The zero-order valence-electron chi connectivity index (χ0n) is 31.8. The van der Waals surface area contributed by atoms with Crippen molar-refractivity contribution in [3.05, 3.63) is 0 Å². The summed E-state index contributed by atoms with van der Waals surface area (Å²) in [6, 6.07) is 0. The largest absolute Gasteiger partial charge is 0.462 e. The molecular weight excluding hydrogens is 584 g/mol. The number of aliphatic hydroxyl groups excluding tert-OH is 1. The van der Waals surface area contributed by atoms with Crippen LogP contribution >= 0.6 is 0 Å². The molecule has 0 saturated carbocycles. The van der Waals surface area contributed by atoms with Crippen LogP contribution in [0.2, 0.25) is 0 Å². The van der Waals surface area contributed by atoms with E-state index in [-0.39, 0.29) is 25.2 Å². The molecule has 1 N–H and O–H groups in total. The van der Waals surface area contributed by atoms with Crippen molar-refractivity contribution in [2.24, 2.45) is 0 Å². The zero-order valence-corrected chi connectivity index (χ0v) is 31.8. The topological polar surface area (TPSA) is 72.8 Å². The molecule has 0 heterocycles. The number of hydrogen-bond donors (Lipinski definition) is 1. The van der Waals surface area contributed by atoms with Gasteiger partial charge in [-0.25, -0.2) is 0 Å². The molecule has 0 aromatic carbocycles. The number of esters is 2. The highest BCUT2D eigenvalue weighted by atomic mass is 16.6. The molecule has 0 aliphatic heterocycles. The molecule has 5 heteroatoms. The van der Waals surface area contributed by atoms with E-state index in [2.05, 4.69) is 13.8 Å². The molecule has 0 aromatic heterocycles. The van der Waals surface area contributed by atoms with Crippen LogP contribution in [0.4, 0.5) is 0 Å². The van der Waals surface area contributed by atoms with Gasteiger partial charge in [-0.1, -0.05) is 213 Å². The van der Waals surface area contributed by atoms with Gasteiger partial charge in [0.15, 0.2) is 6.10 Å². The first-order chi connectivity index (χ1) is 23.1. The van der Waals surface area contributed by atoms with Crippen molar-refractivity contribution in [3.63, 3.8) is 0 Å². The molecule has 1 unspecified atom stereocenters. The predicted octanol–water partition coefficient (Wildman–Crippen LogP) is 13.1. The van der Waals surface area contributed by atoms with Gasteiger partial charge >= 0.3 is 11.9 Å². The summed E-state index contributed by atoms with van der Waals surface area (Å²) in [5.74, 6) is -0.587. The van der Waals surface area contributed by atoms with E-state index in [0.29, 0.717) is 12.8 Å². The van der Waals surface area contributed by atoms with Gasteiger partial charge in [0.25, 0.3) is 0 Å². The highest BCUT2D eigenvalue weighted by molar-refractivity contribution is 5.70. The number of aliphatic hydroxyl groups is 1. The first kappa shape index (κ1) is 45.9. The van der Waals surface area contributed by atoms with Crippen LogP contribution in [0.5, 0.6) is 0 Å². The molecule has 0 aliphatic carbocycles. The Morgan fingerprint density at radius 3 is 0.936 bits per heavy atom. The lowest BCUT2D eigenvalue weighted by molar-refractivity contribution is -0.161. The minimum Gasteiger partial charge on any atom is -0.462 e. The van der Waals surface area contributed by atoms with E-state index in [1.54, 1.807) is 0 Å². The standard InChI is InChI=1S/C42H82O5/c1-3-5-7-9-11-12-13-14-15-16-17-18-19-20-21-22-23-24-25-26-27-28-29-30-31-33-35-37-42(45)47-40(38-43)39-46-41(44)36-34-32-10-8-6-4-2/h40,43H,3-39H2,1-2H3. The highest BCUT2D eigenvalue weighted by Crippen LogP contribution is 2.16. The summed E-state index contributed by atoms with van der Waals surface area (Å²) in [5, 5.41) is 9.49. The quantitative estimate of drug-likeness (QED) is 0.0522. The van der Waals surface area contributed by atoms with Gasteiger partial charge in [0.2, 0.25) is 0 Å². The number of hydrogen-bond acceptors (Lipinski definition) is 5. The van der Waals surface area contributed by atoms with Crippen LogP contribution in [0, 0.1) is 0 Å². The van der Waals surface area contributed by atoms with E-state index in [0.717, 1.165) is 38.5 Å². The molecule has 280 valence electrons. The molecule has 0 radical (unpaired) electrons. The van der Waals surface area contributed by atoms with Crippen molar-refractivity contribution in [2.75, 3.05) is 13.2 Å². The molecule has 0 amide bonds. The van der Waals surface area contributed by atoms with Crippen LogP contribution in [0.1, 0.15) is 239 Å². The van der Waals surface area contributed by atoms with Crippen molar-refractivity contribution in [3.8, 4) is 0 Å². The lowest BCUT2D eigenvalue weighted by atomic mass is 10.0. The molecule has 0 rings (SSSR count). The maximum atomic E-state index is 12.1. The van der Waals surface area contributed by atoms with Crippen molar-refractivity contribution >= 4 is 11.9 Å². The molecule has 0 bridgehead atoms. The van der Waals surface area contributed by atoms with Gasteiger partial charge in [0, 0.05) is 12.8 Å². The summed E-state index contributed by atoms with van der Waals surface area (Å²) in [6.07, 6.45) is 43.6. The normalized spacial score (nSPS) is 12.0. The first-order valence-electron chi connectivity index (χ1n) is 21.1. The Bertz CT molecular complexity index is 637. The zero-order chi connectivity index (χ0) is 34.3. The third-order valence-corrected chi connectivity index (χ3v) is 9.65. The van der Waals surface area contributed by atoms with Gasteiger partial charge in [-0.05, 0) is 12.8 Å². The molecule has 0 aliphatic rings. The SMILES string of the molecule is CCCCCCCCCCCCCCCCCCCCCCCCCCCCCC(=O)OC(CO)COC(=O)CCCCCCCC. The summed E-state index contributed by atoms with van der Waals surface area (Å²) in [5.41, 5.74) is 0. The Labute approximate surface area is 293 Å². The van der Waals surface area contributed by atoms with Crippen molar-refractivity contribution in [1.29, 1.82) is 0 Å². The number of rotatable bonds is 39. The van der Waals surface area contributed by atoms with Gasteiger partial charge in [0.05, 0.1) is 6.61 Å². The second-order valence-electron chi connectivity index (χ2n) is 14.4. The second kappa shape index (κ2) is 39.3. The smallest absolute Gasteiger partial charge is 0.306 e. The maximum Gasteiger partial charge on any atom is 0.306 e. The summed E-state index contributed by atoms with van der Waals surface area (Å²) < 4.78 is 10.5. The third kappa shape index (κ3) is 37.6. The average molecular weight is 667 g/mol. The van der Waals surface area contributed by atoms with Crippen molar-refractivity contribution < 1.29 is 24.2 Å². The third-order valence-electron chi connectivity index (χ3n) is 9.65. The van der Waals surface area contributed by atoms with Gasteiger partial charge in [-0.2, -0.15) is 0 Å². The summed E-state index contributed by atoms with van der Waals surface area (Å²) >= 11 is 0. The number of ether oxygens (including phenoxy) is 2. The second-order valence-corrected chi connectivity index (χ2v) is 14.4. The number of carbonyl (C=O) groups excluding carboxylic acids is 2. The molecule has 0 aromatic rings. The summed E-state index contributed by atoms with van der Waals surface area (Å²) in [7, 11) is 0. The minimum atomic E-state index is -0.759. The molecule has 1 atom stereocenters. The van der Waals surface area contributed by atoms with E-state index in [1.165, 1.54) is 173 Å². The van der Waals surface area contributed by atoms with E-state index in [1.807, 2.05) is 0 Å². The van der Waals surface area contributed by atoms with E-state index < -0.39 is 6.10 Å². The Hall–Kier alpha value is -1.10. The van der Waals surface area contributed by atoms with E-state index >= 15 is 0 Å². The fourth-order valence-electron chi connectivity index (χ4n) is 6.44. The molecule has 0 fully saturated rings. The van der Waals surface area contributed by atoms with Crippen LogP contribution in [-0.2, 0) is 19.1 Å². The Kier molecular flexibility index (Phi) is 38.4. The molecule has 47 heavy (non-hydrogen) atoms. The van der Waals surface area contributed by atoms with Crippen LogP contribution in [0.3, 0.4) is 0 Å². The highest BCUT2D eigenvalue weighted by Gasteiger charge is 2.16. The van der Waals surface area contributed by atoms with E-state index in [4.69, 9.17) is 9.47 Å². The molecule has 5 nitrogen and oxygen atoms in total. The summed E-state index contributed by atoms with van der Waals surface area (Å²) in [4.78, 5) is 24.0. The molecular formula is C42H82O5. The van der Waals surface area contributed by atoms with E-state index in [9.17, 15) is 14.7 Å². The summed E-state index contributed by atoms with van der Waals surface area (Å²) in [6.45, 7) is 4.10. The van der Waals surface area contributed by atoms with Gasteiger partial charge < -0.3 is 14.6 Å².